The van der Waals surface area contributed by atoms with Gasteiger partial charge in [0.1, 0.15) is 5.82 Å². The predicted octanol–water partition coefficient (Wildman–Crippen LogP) is 4.77. The van der Waals surface area contributed by atoms with Crippen LogP contribution in [-0.4, -0.2) is 18.5 Å². The second kappa shape index (κ2) is 7.17. The monoisotopic (exact) mass is 292 g/mol. The number of carbonyl (C=O) groups excluding carboxylic acids is 1. The fraction of sp³-hybridized carbons (Fsp3) is 0.611. The fourth-order valence-corrected chi connectivity index (χ4v) is 2.80. The number of rotatable bonds is 6. The van der Waals surface area contributed by atoms with Crippen molar-refractivity contribution in [2.45, 2.75) is 58.5 Å². The van der Waals surface area contributed by atoms with Crippen molar-refractivity contribution in [1.82, 2.24) is 0 Å². The van der Waals surface area contributed by atoms with E-state index in [2.05, 4.69) is 13.8 Å². The molecule has 1 aromatic rings. The second-order valence-corrected chi connectivity index (χ2v) is 6.77. The van der Waals surface area contributed by atoms with Crippen LogP contribution in [0, 0.1) is 11.2 Å². The van der Waals surface area contributed by atoms with Crippen molar-refractivity contribution in [2.75, 3.05) is 6.61 Å². The van der Waals surface area contributed by atoms with Crippen LogP contribution >= 0.6 is 0 Å². The van der Waals surface area contributed by atoms with Crippen molar-refractivity contribution in [2.24, 2.45) is 5.41 Å². The van der Waals surface area contributed by atoms with Crippen LogP contribution in [0.5, 0.6) is 0 Å². The highest BCUT2D eigenvalue weighted by Crippen LogP contribution is 2.36. The number of halogens is 1. The zero-order valence-electron chi connectivity index (χ0n) is 13.0. The summed E-state index contributed by atoms with van der Waals surface area (Å²) in [5.74, 6) is -0.251. The SMILES string of the molecule is CC1(C)CCC(OCCCC(=O)c2ccc(F)cc2)CC1. The molecule has 0 heterocycles. The third-order valence-corrected chi connectivity index (χ3v) is 4.35. The van der Waals surface area contributed by atoms with E-state index < -0.39 is 0 Å². The first kappa shape index (κ1) is 16.2. The van der Waals surface area contributed by atoms with Crippen LogP contribution in [0.4, 0.5) is 4.39 Å². The third kappa shape index (κ3) is 5.24. The molecule has 0 atom stereocenters. The van der Waals surface area contributed by atoms with Crippen LogP contribution < -0.4 is 0 Å². The number of carbonyl (C=O) groups is 1. The molecular formula is C18H25FO2. The van der Waals surface area contributed by atoms with Crippen LogP contribution in [-0.2, 0) is 4.74 Å². The molecule has 0 saturated heterocycles. The molecular weight excluding hydrogens is 267 g/mol. The quantitative estimate of drug-likeness (QED) is 0.557. The number of hydrogen-bond donors (Lipinski definition) is 0. The summed E-state index contributed by atoms with van der Waals surface area (Å²) in [6.45, 7) is 5.26. The van der Waals surface area contributed by atoms with Gasteiger partial charge in [-0.25, -0.2) is 4.39 Å². The van der Waals surface area contributed by atoms with Gasteiger partial charge in [-0.05, 0) is 61.8 Å². The molecule has 1 aliphatic carbocycles. The minimum atomic E-state index is -0.310. The molecule has 0 N–H and O–H groups in total. The van der Waals surface area contributed by atoms with E-state index in [1.54, 1.807) is 12.1 Å². The van der Waals surface area contributed by atoms with Crippen LogP contribution in [0.3, 0.4) is 0 Å². The van der Waals surface area contributed by atoms with Gasteiger partial charge in [0.2, 0.25) is 0 Å². The van der Waals surface area contributed by atoms with Gasteiger partial charge in [-0.2, -0.15) is 0 Å². The fourth-order valence-electron chi connectivity index (χ4n) is 2.80. The van der Waals surface area contributed by atoms with Crippen LogP contribution in [0.2, 0.25) is 0 Å². The van der Waals surface area contributed by atoms with Crippen LogP contribution in [0.25, 0.3) is 0 Å². The molecule has 116 valence electrons. The zero-order valence-corrected chi connectivity index (χ0v) is 13.0. The lowest BCUT2D eigenvalue weighted by atomic mass is 9.76. The van der Waals surface area contributed by atoms with Gasteiger partial charge in [0.05, 0.1) is 6.10 Å². The largest absolute Gasteiger partial charge is 0.378 e. The first-order valence-electron chi connectivity index (χ1n) is 7.87. The van der Waals surface area contributed by atoms with Crippen molar-refractivity contribution < 1.29 is 13.9 Å². The summed E-state index contributed by atoms with van der Waals surface area (Å²) in [5, 5.41) is 0. The van der Waals surface area contributed by atoms with E-state index >= 15 is 0 Å². The molecule has 0 amide bonds. The normalized spacial score (nSPS) is 18.6. The van der Waals surface area contributed by atoms with Crippen molar-refractivity contribution in [1.29, 1.82) is 0 Å². The molecule has 0 aliphatic heterocycles. The van der Waals surface area contributed by atoms with E-state index in [-0.39, 0.29) is 11.6 Å². The Bertz CT molecular complexity index is 455. The molecule has 0 spiro atoms. The maximum Gasteiger partial charge on any atom is 0.162 e. The van der Waals surface area contributed by atoms with Gasteiger partial charge >= 0.3 is 0 Å². The van der Waals surface area contributed by atoms with Crippen LogP contribution in [0.1, 0.15) is 62.7 Å². The average molecular weight is 292 g/mol. The molecule has 1 saturated carbocycles. The van der Waals surface area contributed by atoms with Gasteiger partial charge < -0.3 is 4.74 Å². The van der Waals surface area contributed by atoms with Crippen molar-refractivity contribution in [3.05, 3.63) is 35.6 Å². The van der Waals surface area contributed by atoms with E-state index in [9.17, 15) is 9.18 Å². The molecule has 1 aliphatic rings. The van der Waals surface area contributed by atoms with Crippen molar-refractivity contribution in [3.8, 4) is 0 Å². The average Bonchev–Trinajstić information content (AvgIpc) is 2.45. The smallest absolute Gasteiger partial charge is 0.162 e. The number of ether oxygens (including phenoxy) is 1. The Morgan fingerprint density at radius 1 is 1.24 bits per heavy atom. The van der Waals surface area contributed by atoms with Gasteiger partial charge in [0, 0.05) is 18.6 Å². The maximum atomic E-state index is 12.8. The Kier molecular flexibility index (Phi) is 5.51. The molecule has 1 aromatic carbocycles. The molecule has 0 radical (unpaired) electrons. The lowest BCUT2D eigenvalue weighted by Crippen LogP contribution is -2.26. The van der Waals surface area contributed by atoms with E-state index in [1.165, 1.54) is 25.0 Å². The molecule has 3 heteroatoms. The molecule has 2 rings (SSSR count). The highest BCUT2D eigenvalue weighted by atomic mass is 19.1. The summed E-state index contributed by atoms with van der Waals surface area (Å²) in [4.78, 5) is 11.9. The maximum absolute atomic E-state index is 12.8. The molecule has 1 fully saturated rings. The Balaban J connectivity index is 1.64. The third-order valence-electron chi connectivity index (χ3n) is 4.35. The Hall–Kier alpha value is -1.22. The molecule has 0 unspecified atom stereocenters. The van der Waals surface area contributed by atoms with Crippen molar-refractivity contribution >= 4 is 5.78 Å². The first-order chi connectivity index (χ1) is 9.96. The van der Waals surface area contributed by atoms with Gasteiger partial charge in [-0.3, -0.25) is 4.79 Å². The van der Waals surface area contributed by atoms with Gasteiger partial charge in [-0.1, -0.05) is 13.8 Å². The lowest BCUT2D eigenvalue weighted by molar-refractivity contribution is 0.00311. The Labute approximate surface area is 126 Å². The summed E-state index contributed by atoms with van der Waals surface area (Å²) in [5.41, 5.74) is 1.04. The van der Waals surface area contributed by atoms with Gasteiger partial charge in [-0.15, -0.1) is 0 Å². The highest BCUT2D eigenvalue weighted by molar-refractivity contribution is 5.95. The molecule has 0 aromatic heterocycles. The first-order valence-corrected chi connectivity index (χ1v) is 7.87. The van der Waals surface area contributed by atoms with E-state index in [4.69, 9.17) is 4.74 Å². The molecule has 21 heavy (non-hydrogen) atoms. The molecule has 0 bridgehead atoms. The highest BCUT2D eigenvalue weighted by Gasteiger charge is 2.26. The van der Waals surface area contributed by atoms with Gasteiger partial charge in [0.25, 0.3) is 0 Å². The Morgan fingerprint density at radius 2 is 1.86 bits per heavy atom. The second-order valence-electron chi connectivity index (χ2n) is 6.77. The zero-order chi connectivity index (χ0) is 15.3. The standard InChI is InChI=1S/C18H25FO2/c1-18(2)11-9-16(10-12-18)21-13-3-4-17(20)14-5-7-15(19)8-6-14/h5-8,16H,3-4,9-13H2,1-2H3. The summed E-state index contributed by atoms with van der Waals surface area (Å²) in [7, 11) is 0. The number of ketones is 1. The van der Waals surface area contributed by atoms with Gasteiger partial charge in [0.15, 0.2) is 5.78 Å². The topological polar surface area (TPSA) is 26.3 Å². The van der Waals surface area contributed by atoms with E-state index in [1.807, 2.05) is 0 Å². The van der Waals surface area contributed by atoms with Crippen LogP contribution in [0.15, 0.2) is 24.3 Å². The summed E-state index contributed by atoms with van der Waals surface area (Å²) in [6, 6.07) is 5.74. The van der Waals surface area contributed by atoms with Crippen molar-refractivity contribution in [3.63, 3.8) is 0 Å². The summed E-state index contributed by atoms with van der Waals surface area (Å²) < 4.78 is 18.7. The number of benzene rings is 1. The van der Waals surface area contributed by atoms with E-state index in [0.29, 0.717) is 30.1 Å². The number of Topliss-reactive ketones (excluding diaryl/α,β-unsaturated/α-hetero) is 1. The minimum Gasteiger partial charge on any atom is -0.378 e. The Morgan fingerprint density at radius 3 is 2.48 bits per heavy atom. The number of hydrogen-bond acceptors (Lipinski definition) is 2. The minimum absolute atomic E-state index is 0.0587. The predicted molar refractivity (Wildman–Crippen MR) is 82.0 cm³/mol. The van der Waals surface area contributed by atoms with E-state index in [0.717, 1.165) is 19.3 Å². The summed E-state index contributed by atoms with van der Waals surface area (Å²) in [6.07, 6.45) is 6.23. The molecule has 2 nitrogen and oxygen atoms in total. The summed E-state index contributed by atoms with van der Waals surface area (Å²) >= 11 is 0. The lowest BCUT2D eigenvalue weighted by Gasteiger charge is -2.34.